The van der Waals surface area contributed by atoms with Crippen molar-refractivity contribution >= 4 is 37.7 Å². The van der Waals surface area contributed by atoms with E-state index in [0.29, 0.717) is 23.4 Å². The van der Waals surface area contributed by atoms with Crippen molar-refractivity contribution in [1.82, 2.24) is 14.6 Å². The zero-order valence-corrected chi connectivity index (χ0v) is 14.0. The second-order valence-corrected chi connectivity index (χ2v) is 7.44. The van der Waals surface area contributed by atoms with Crippen LogP contribution in [0.4, 0.5) is 5.82 Å². The highest BCUT2D eigenvalue weighted by Gasteiger charge is 2.31. The summed E-state index contributed by atoms with van der Waals surface area (Å²) in [6.45, 7) is 3.01. The Balaban J connectivity index is 2.38. The van der Waals surface area contributed by atoms with Crippen molar-refractivity contribution < 1.29 is 13.2 Å². The summed E-state index contributed by atoms with van der Waals surface area (Å²) in [5.74, 6) is 0.0156. The molecule has 1 aliphatic rings. The van der Waals surface area contributed by atoms with E-state index in [-0.39, 0.29) is 23.9 Å². The summed E-state index contributed by atoms with van der Waals surface area (Å²) >= 11 is 3.24. The van der Waals surface area contributed by atoms with Gasteiger partial charge in [-0.2, -0.15) is 4.31 Å². The Labute approximate surface area is 132 Å². The molecule has 0 unspecified atom stereocenters. The monoisotopic (exact) mass is 376 g/mol. The van der Waals surface area contributed by atoms with Crippen LogP contribution in [0.25, 0.3) is 0 Å². The number of rotatable bonds is 5. The summed E-state index contributed by atoms with van der Waals surface area (Å²) in [4.78, 5) is 15.6. The highest BCUT2D eigenvalue weighted by molar-refractivity contribution is 9.10. The Hall–Kier alpha value is -1.19. The number of aromatic nitrogens is 1. The molecule has 116 valence electrons. The zero-order chi connectivity index (χ0) is 15.5. The Morgan fingerprint density at radius 1 is 1.52 bits per heavy atom. The molecule has 21 heavy (non-hydrogen) atoms. The number of nitrogens with one attached hydrogen (secondary N) is 2. The van der Waals surface area contributed by atoms with Crippen LogP contribution in [0.15, 0.2) is 21.6 Å². The van der Waals surface area contributed by atoms with E-state index in [0.717, 1.165) is 6.42 Å². The van der Waals surface area contributed by atoms with E-state index in [1.807, 2.05) is 6.92 Å². The van der Waals surface area contributed by atoms with Crippen molar-refractivity contribution in [3.63, 3.8) is 0 Å². The SMILES string of the molecule is CCCNc1ncc(Br)cc1S(=O)(=O)N1CCNC(=O)C1. The van der Waals surface area contributed by atoms with Gasteiger partial charge in [-0.3, -0.25) is 4.79 Å². The molecule has 0 aliphatic carbocycles. The number of amides is 1. The summed E-state index contributed by atoms with van der Waals surface area (Å²) in [5, 5.41) is 5.62. The number of carbonyl (C=O) groups is 1. The lowest BCUT2D eigenvalue weighted by atomic mass is 10.4. The fourth-order valence-corrected chi connectivity index (χ4v) is 3.98. The molecule has 1 aromatic rings. The molecule has 1 fully saturated rings. The van der Waals surface area contributed by atoms with Crippen molar-refractivity contribution in [1.29, 1.82) is 0 Å². The number of halogens is 1. The van der Waals surface area contributed by atoms with Crippen LogP contribution in [0.1, 0.15) is 13.3 Å². The van der Waals surface area contributed by atoms with Crippen LogP contribution in [-0.4, -0.2) is 49.8 Å². The van der Waals surface area contributed by atoms with E-state index in [2.05, 4.69) is 31.5 Å². The van der Waals surface area contributed by atoms with Crippen LogP contribution in [0.5, 0.6) is 0 Å². The second kappa shape index (κ2) is 6.71. The van der Waals surface area contributed by atoms with Crippen molar-refractivity contribution in [2.24, 2.45) is 0 Å². The molecule has 0 spiro atoms. The van der Waals surface area contributed by atoms with Crippen LogP contribution in [0.2, 0.25) is 0 Å². The van der Waals surface area contributed by atoms with E-state index in [4.69, 9.17) is 0 Å². The Kier molecular flexibility index (Phi) is 5.17. The lowest BCUT2D eigenvalue weighted by Gasteiger charge is -2.26. The maximum absolute atomic E-state index is 12.7. The number of nitrogens with zero attached hydrogens (tertiary/aromatic N) is 2. The first-order valence-corrected chi connectivity index (χ1v) is 8.84. The van der Waals surface area contributed by atoms with Crippen molar-refractivity contribution in [3.8, 4) is 0 Å². The number of sulfonamides is 1. The smallest absolute Gasteiger partial charge is 0.247 e. The summed E-state index contributed by atoms with van der Waals surface area (Å²) in [7, 11) is -3.76. The van der Waals surface area contributed by atoms with Gasteiger partial charge in [0.2, 0.25) is 15.9 Å². The average Bonchev–Trinajstić information content (AvgIpc) is 2.46. The fraction of sp³-hybridized carbons (Fsp3) is 0.500. The molecule has 1 aromatic heterocycles. The third kappa shape index (κ3) is 3.72. The predicted molar refractivity (Wildman–Crippen MR) is 82.5 cm³/mol. The molecule has 1 amide bonds. The lowest BCUT2D eigenvalue weighted by Crippen LogP contribution is -2.49. The van der Waals surface area contributed by atoms with Gasteiger partial charge in [-0.15, -0.1) is 0 Å². The minimum Gasteiger partial charge on any atom is -0.369 e. The van der Waals surface area contributed by atoms with Gasteiger partial charge in [-0.05, 0) is 28.4 Å². The summed E-state index contributed by atoms with van der Waals surface area (Å²) in [6.07, 6.45) is 2.39. The second-order valence-electron chi connectivity index (χ2n) is 4.62. The minimum absolute atomic E-state index is 0.0834. The number of hydrogen-bond donors (Lipinski definition) is 2. The molecule has 0 saturated carbocycles. The van der Waals surface area contributed by atoms with Gasteiger partial charge >= 0.3 is 0 Å². The standard InChI is InChI=1S/C12H17BrN4O3S/c1-2-3-15-12-10(6-9(13)7-16-12)21(19,20)17-5-4-14-11(18)8-17/h6-7H,2-5,8H2,1H3,(H,14,18)(H,15,16). The summed E-state index contributed by atoms with van der Waals surface area (Å²) < 4.78 is 27.2. The van der Waals surface area contributed by atoms with Gasteiger partial charge in [-0.1, -0.05) is 6.92 Å². The lowest BCUT2D eigenvalue weighted by molar-refractivity contribution is -0.122. The van der Waals surface area contributed by atoms with E-state index >= 15 is 0 Å². The number of anilines is 1. The summed E-state index contributed by atoms with van der Waals surface area (Å²) in [6, 6.07) is 1.51. The number of hydrogen-bond acceptors (Lipinski definition) is 5. The van der Waals surface area contributed by atoms with Crippen molar-refractivity contribution in [3.05, 3.63) is 16.7 Å². The molecule has 1 saturated heterocycles. The van der Waals surface area contributed by atoms with E-state index in [1.54, 1.807) is 6.20 Å². The molecular formula is C12H17BrN4O3S. The average molecular weight is 377 g/mol. The predicted octanol–water partition coefficient (Wildman–Crippen LogP) is 0.786. The van der Waals surface area contributed by atoms with Gasteiger partial charge in [0.15, 0.2) is 0 Å². The highest BCUT2D eigenvalue weighted by Crippen LogP contribution is 2.26. The molecule has 2 heterocycles. The summed E-state index contributed by atoms with van der Waals surface area (Å²) in [5.41, 5.74) is 0. The zero-order valence-electron chi connectivity index (χ0n) is 11.6. The first-order valence-electron chi connectivity index (χ1n) is 6.61. The minimum atomic E-state index is -3.76. The van der Waals surface area contributed by atoms with Gasteiger partial charge in [0, 0.05) is 30.3 Å². The third-order valence-electron chi connectivity index (χ3n) is 2.98. The van der Waals surface area contributed by atoms with Crippen LogP contribution in [0.3, 0.4) is 0 Å². The van der Waals surface area contributed by atoms with Crippen LogP contribution in [-0.2, 0) is 14.8 Å². The third-order valence-corrected chi connectivity index (χ3v) is 5.28. The normalized spacial score (nSPS) is 16.6. The molecule has 7 nitrogen and oxygen atoms in total. The highest BCUT2D eigenvalue weighted by atomic mass is 79.9. The Morgan fingerprint density at radius 2 is 2.29 bits per heavy atom. The first kappa shape index (κ1) is 16.2. The maximum Gasteiger partial charge on any atom is 0.247 e. The number of piperazine rings is 1. The molecule has 0 aromatic carbocycles. The largest absolute Gasteiger partial charge is 0.369 e. The molecule has 2 rings (SSSR count). The quantitative estimate of drug-likeness (QED) is 0.792. The van der Waals surface area contributed by atoms with Gasteiger partial charge in [0.1, 0.15) is 10.7 Å². The van der Waals surface area contributed by atoms with Crippen molar-refractivity contribution in [2.45, 2.75) is 18.2 Å². The molecule has 0 radical (unpaired) electrons. The molecule has 2 N–H and O–H groups in total. The molecule has 1 aliphatic heterocycles. The van der Waals surface area contributed by atoms with E-state index < -0.39 is 10.0 Å². The molecule has 9 heteroatoms. The van der Waals surface area contributed by atoms with Crippen molar-refractivity contribution in [2.75, 3.05) is 31.5 Å². The molecule has 0 bridgehead atoms. The molecular weight excluding hydrogens is 360 g/mol. The molecule has 0 atom stereocenters. The van der Waals surface area contributed by atoms with E-state index in [9.17, 15) is 13.2 Å². The van der Waals surface area contributed by atoms with Gasteiger partial charge in [0.05, 0.1) is 6.54 Å². The first-order chi connectivity index (χ1) is 9.95. The fourth-order valence-electron chi connectivity index (χ4n) is 1.95. The van der Waals surface area contributed by atoms with Crippen LogP contribution in [0, 0.1) is 0 Å². The number of carbonyl (C=O) groups excluding carboxylic acids is 1. The Bertz CT molecular complexity index is 635. The Morgan fingerprint density at radius 3 is 2.95 bits per heavy atom. The van der Waals surface area contributed by atoms with Crippen LogP contribution >= 0.6 is 15.9 Å². The van der Waals surface area contributed by atoms with E-state index in [1.165, 1.54) is 10.4 Å². The van der Waals surface area contributed by atoms with Gasteiger partial charge < -0.3 is 10.6 Å². The van der Waals surface area contributed by atoms with Crippen LogP contribution < -0.4 is 10.6 Å². The van der Waals surface area contributed by atoms with Gasteiger partial charge in [-0.25, -0.2) is 13.4 Å². The maximum atomic E-state index is 12.7. The number of pyridine rings is 1. The topological polar surface area (TPSA) is 91.4 Å². The van der Waals surface area contributed by atoms with Gasteiger partial charge in [0.25, 0.3) is 0 Å².